The maximum Gasteiger partial charge on any atom is 0.213 e. The number of hydrogen-bond acceptors (Lipinski definition) is 4. The van der Waals surface area contributed by atoms with Crippen LogP contribution in [0.2, 0.25) is 0 Å². The molecular weight excluding hydrogens is 228 g/mol. The van der Waals surface area contributed by atoms with Gasteiger partial charge in [0.15, 0.2) is 5.82 Å². The third-order valence-corrected chi connectivity index (χ3v) is 3.02. The average molecular weight is 240 g/mol. The van der Waals surface area contributed by atoms with Gasteiger partial charge in [-0.2, -0.15) is 4.98 Å². The maximum absolute atomic E-state index is 4.93. The Labute approximate surface area is 96.8 Å². The van der Waals surface area contributed by atoms with Gasteiger partial charge in [-0.1, -0.05) is 20.8 Å². The standard InChI is InChI=1S/C9H12N4S2/c1-9(2,3)6-5(15-4-10-6)7-11-8(14)13-12-7/h4H,1-3H3,(H2,11,12,13,14). The van der Waals surface area contributed by atoms with Gasteiger partial charge in [0.2, 0.25) is 4.77 Å². The van der Waals surface area contributed by atoms with Crippen LogP contribution in [0.4, 0.5) is 0 Å². The van der Waals surface area contributed by atoms with Crippen LogP contribution in [0.1, 0.15) is 26.5 Å². The van der Waals surface area contributed by atoms with Gasteiger partial charge in [0.05, 0.1) is 16.1 Å². The lowest BCUT2D eigenvalue weighted by Crippen LogP contribution is -2.12. The first-order chi connectivity index (χ1) is 6.98. The quantitative estimate of drug-likeness (QED) is 0.754. The molecule has 0 aliphatic carbocycles. The van der Waals surface area contributed by atoms with Crippen LogP contribution in [0.15, 0.2) is 5.51 Å². The molecule has 0 spiro atoms. The summed E-state index contributed by atoms with van der Waals surface area (Å²) >= 11 is 6.50. The lowest BCUT2D eigenvalue weighted by atomic mass is 9.91. The molecule has 0 aliphatic rings. The topological polar surface area (TPSA) is 57.4 Å². The number of thiazole rings is 1. The van der Waals surface area contributed by atoms with Crippen molar-refractivity contribution in [1.29, 1.82) is 0 Å². The van der Waals surface area contributed by atoms with E-state index >= 15 is 0 Å². The van der Waals surface area contributed by atoms with Crippen molar-refractivity contribution in [1.82, 2.24) is 20.2 Å². The molecule has 6 heteroatoms. The SMILES string of the molecule is CC(C)(C)c1ncsc1-c1nc(=S)[nH][nH]1. The van der Waals surface area contributed by atoms with Gasteiger partial charge in [-0.25, -0.2) is 4.98 Å². The second-order valence-electron chi connectivity index (χ2n) is 4.30. The largest absolute Gasteiger partial charge is 0.281 e. The number of aromatic nitrogens is 4. The summed E-state index contributed by atoms with van der Waals surface area (Å²) in [6.45, 7) is 6.40. The van der Waals surface area contributed by atoms with Crippen molar-refractivity contribution in [2.24, 2.45) is 0 Å². The molecule has 0 saturated heterocycles. The number of aromatic amines is 2. The summed E-state index contributed by atoms with van der Waals surface area (Å²) in [5, 5.41) is 5.74. The first-order valence-electron chi connectivity index (χ1n) is 4.57. The van der Waals surface area contributed by atoms with Gasteiger partial charge in [-0.15, -0.1) is 11.3 Å². The van der Waals surface area contributed by atoms with E-state index in [1.165, 1.54) is 0 Å². The Bertz CT molecular complexity index is 514. The highest BCUT2D eigenvalue weighted by molar-refractivity contribution is 7.71. The fourth-order valence-electron chi connectivity index (χ4n) is 1.33. The molecule has 2 rings (SSSR count). The van der Waals surface area contributed by atoms with E-state index < -0.39 is 0 Å². The van der Waals surface area contributed by atoms with E-state index in [2.05, 4.69) is 40.9 Å². The van der Waals surface area contributed by atoms with Gasteiger partial charge in [0.1, 0.15) is 0 Å². The maximum atomic E-state index is 4.93. The average Bonchev–Trinajstić information content (AvgIpc) is 2.68. The highest BCUT2D eigenvalue weighted by Gasteiger charge is 2.23. The van der Waals surface area contributed by atoms with Crippen LogP contribution < -0.4 is 0 Å². The minimum atomic E-state index is 0.0176. The van der Waals surface area contributed by atoms with Gasteiger partial charge in [0.25, 0.3) is 0 Å². The van der Waals surface area contributed by atoms with Crippen LogP contribution in [0.25, 0.3) is 10.7 Å². The Kier molecular flexibility index (Phi) is 2.47. The van der Waals surface area contributed by atoms with E-state index in [0.29, 0.717) is 4.77 Å². The zero-order chi connectivity index (χ0) is 11.1. The second-order valence-corrected chi connectivity index (χ2v) is 5.54. The van der Waals surface area contributed by atoms with Crippen molar-refractivity contribution in [3.05, 3.63) is 16.0 Å². The summed E-state index contributed by atoms with van der Waals surface area (Å²) in [5.74, 6) is 0.771. The van der Waals surface area contributed by atoms with Crippen molar-refractivity contribution >= 4 is 23.6 Å². The molecule has 0 aromatic carbocycles. The van der Waals surface area contributed by atoms with Crippen LogP contribution in [-0.4, -0.2) is 20.2 Å². The van der Waals surface area contributed by atoms with Gasteiger partial charge >= 0.3 is 0 Å². The van der Waals surface area contributed by atoms with E-state index in [4.69, 9.17) is 12.2 Å². The van der Waals surface area contributed by atoms with Gasteiger partial charge in [-0.05, 0) is 12.2 Å². The Morgan fingerprint density at radius 3 is 2.60 bits per heavy atom. The summed E-state index contributed by atoms with van der Waals surface area (Å²) in [4.78, 5) is 9.64. The number of rotatable bonds is 1. The molecule has 0 fully saturated rings. The van der Waals surface area contributed by atoms with Crippen LogP contribution >= 0.6 is 23.6 Å². The Morgan fingerprint density at radius 1 is 1.33 bits per heavy atom. The zero-order valence-corrected chi connectivity index (χ0v) is 10.4. The smallest absolute Gasteiger partial charge is 0.213 e. The van der Waals surface area contributed by atoms with E-state index in [1.54, 1.807) is 11.3 Å². The summed E-state index contributed by atoms with van der Waals surface area (Å²) in [5.41, 5.74) is 2.90. The third kappa shape index (κ3) is 2.00. The van der Waals surface area contributed by atoms with E-state index in [1.807, 2.05) is 5.51 Å². The first-order valence-corrected chi connectivity index (χ1v) is 5.86. The van der Waals surface area contributed by atoms with Crippen LogP contribution in [0, 0.1) is 4.77 Å². The van der Waals surface area contributed by atoms with Crippen molar-refractivity contribution in [3.8, 4) is 10.7 Å². The highest BCUT2D eigenvalue weighted by atomic mass is 32.1. The monoisotopic (exact) mass is 240 g/mol. The molecular formula is C9H12N4S2. The van der Waals surface area contributed by atoms with Crippen molar-refractivity contribution in [2.45, 2.75) is 26.2 Å². The molecule has 80 valence electrons. The van der Waals surface area contributed by atoms with Crippen molar-refractivity contribution in [2.75, 3.05) is 0 Å². The number of nitrogens with zero attached hydrogens (tertiary/aromatic N) is 2. The molecule has 2 N–H and O–H groups in total. The summed E-state index contributed by atoms with van der Waals surface area (Å²) in [6.07, 6.45) is 0. The predicted molar refractivity (Wildman–Crippen MR) is 63.6 cm³/mol. The number of nitrogens with one attached hydrogen (secondary N) is 2. The molecule has 2 aromatic rings. The molecule has 15 heavy (non-hydrogen) atoms. The Morgan fingerprint density at radius 2 is 2.07 bits per heavy atom. The minimum absolute atomic E-state index is 0.0176. The van der Waals surface area contributed by atoms with Crippen molar-refractivity contribution < 1.29 is 0 Å². The molecule has 4 nitrogen and oxygen atoms in total. The van der Waals surface area contributed by atoms with Crippen LogP contribution in [-0.2, 0) is 5.41 Å². The van der Waals surface area contributed by atoms with E-state index in [-0.39, 0.29) is 5.41 Å². The fourth-order valence-corrected chi connectivity index (χ4v) is 2.41. The zero-order valence-electron chi connectivity index (χ0n) is 8.79. The lowest BCUT2D eigenvalue weighted by Gasteiger charge is -2.16. The molecule has 0 saturated carbocycles. The predicted octanol–water partition coefficient (Wildman–Crippen LogP) is 2.89. The lowest BCUT2D eigenvalue weighted by molar-refractivity contribution is 0.574. The fraction of sp³-hybridized carbons (Fsp3) is 0.444. The van der Waals surface area contributed by atoms with Crippen molar-refractivity contribution in [3.63, 3.8) is 0 Å². The second kappa shape index (κ2) is 3.53. The molecule has 2 heterocycles. The summed E-state index contributed by atoms with van der Waals surface area (Å²) in [7, 11) is 0. The molecule has 2 aromatic heterocycles. The summed E-state index contributed by atoms with van der Waals surface area (Å²) in [6, 6.07) is 0. The Balaban J connectivity index is 2.55. The minimum Gasteiger partial charge on any atom is -0.281 e. The number of hydrogen-bond donors (Lipinski definition) is 2. The van der Waals surface area contributed by atoms with Gasteiger partial charge in [-0.3, -0.25) is 10.2 Å². The first kappa shape index (κ1) is 10.5. The highest BCUT2D eigenvalue weighted by Crippen LogP contribution is 2.32. The normalized spacial score (nSPS) is 11.9. The molecule has 0 bridgehead atoms. The molecule has 0 amide bonds. The molecule has 0 atom stereocenters. The van der Waals surface area contributed by atoms with Gasteiger partial charge < -0.3 is 0 Å². The molecule has 0 unspecified atom stereocenters. The number of H-pyrrole nitrogens is 2. The third-order valence-electron chi connectivity index (χ3n) is 1.99. The van der Waals surface area contributed by atoms with E-state index in [9.17, 15) is 0 Å². The molecule has 0 radical (unpaired) electrons. The summed E-state index contributed by atoms with van der Waals surface area (Å²) < 4.78 is 0.471. The van der Waals surface area contributed by atoms with Gasteiger partial charge in [0, 0.05) is 5.41 Å². The van der Waals surface area contributed by atoms with Crippen LogP contribution in [0.3, 0.4) is 0 Å². The van der Waals surface area contributed by atoms with E-state index in [0.717, 1.165) is 16.4 Å². The van der Waals surface area contributed by atoms with Crippen LogP contribution in [0.5, 0.6) is 0 Å². The Hall–Kier alpha value is -1.01. The molecule has 0 aliphatic heterocycles.